The van der Waals surface area contributed by atoms with E-state index in [1.807, 2.05) is 6.07 Å². The van der Waals surface area contributed by atoms with Gasteiger partial charge in [0.25, 0.3) is 0 Å². The van der Waals surface area contributed by atoms with Crippen molar-refractivity contribution in [1.29, 1.82) is 0 Å². The number of anilines is 1. The Labute approximate surface area is 128 Å². The molecule has 0 bridgehead atoms. The van der Waals surface area contributed by atoms with Crippen LogP contribution in [0.1, 0.15) is 17.6 Å². The van der Waals surface area contributed by atoms with E-state index in [2.05, 4.69) is 27.4 Å². The second-order valence-corrected chi connectivity index (χ2v) is 5.43. The number of hydrogen-bond acceptors (Lipinski definition) is 8. The van der Waals surface area contributed by atoms with Crippen LogP contribution in [-0.4, -0.2) is 21.1 Å². The minimum atomic E-state index is -0.601. The van der Waals surface area contributed by atoms with Crippen molar-refractivity contribution in [1.82, 2.24) is 9.97 Å². The highest BCUT2D eigenvalue weighted by atomic mass is 32.1. The molecule has 9 heteroatoms. The minimum Gasteiger partial charge on any atom is -0.400 e. The average molecular weight is 317 g/mol. The molecule has 3 aromatic heterocycles. The van der Waals surface area contributed by atoms with Gasteiger partial charge in [-0.15, -0.1) is 11.3 Å². The molecule has 3 rings (SSSR count). The molecule has 0 aliphatic carbocycles. The van der Waals surface area contributed by atoms with Crippen LogP contribution < -0.4 is 5.43 Å². The summed E-state index contributed by atoms with van der Waals surface area (Å²) in [6.07, 6.45) is 3.75. The van der Waals surface area contributed by atoms with Crippen molar-refractivity contribution in [2.75, 3.05) is 5.43 Å². The summed E-state index contributed by atoms with van der Waals surface area (Å²) >= 11 is 1.61. The van der Waals surface area contributed by atoms with Gasteiger partial charge in [0.2, 0.25) is 0 Å². The molecule has 0 saturated carbocycles. The quantitative estimate of drug-likeness (QED) is 0.440. The van der Waals surface area contributed by atoms with Crippen LogP contribution >= 0.6 is 11.3 Å². The maximum absolute atomic E-state index is 10.5. The Kier molecular flexibility index (Phi) is 3.79. The molecule has 8 nitrogen and oxygen atoms in total. The van der Waals surface area contributed by atoms with Gasteiger partial charge < -0.3 is 4.42 Å². The fourth-order valence-corrected chi connectivity index (χ4v) is 2.77. The Hall–Kier alpha value is -2.81. The summed E-state index contributed by atoms with van der Waals surface area (Å²) in [4.78, 5) is 20.4. The Bertz CT molecular complexity index is 854. The Morgan fingerprint density at radius 1 is 1.50 bits per heavy atom. The van der Waals surface area contributed by atoms with E-state index in [1.54, 1.807) is 11.3 Å². The van der Waals surface area contributed by atoms with Crippen molar-refractivity contribution in [3.05, 3.63) is 45.3 Å². The SMILES string of the molecule is CCc1cc2c(N/N=C/c3ccc([N+](=O)[O-])o3)ncnc2s1. The molecule has 112 valence electrons. The summed E-state index contributed by atoms with van der Waals surface area (Å²) in [6, 6.07) is 4.77. The molecule has 0 saturated heterocycles. The van der Waals surface area contributed by atoms with E-state index in [-0.39, 0.29) is 11.6 Å². The second kappa shape index (κ2) is 5.90. The summed E-state index contributed by atoms with van der Waals surface area (Å²) in [7, 11) is 0. The lowest BCUT2D eigenvalue weighted by atomic mass is 10.3. The van der Waals surface area contributed by atoms with E-state index in [1.165, 1.54) is 29.6 Å². The Morgan fingerprint density at radius 3 is 3.09 bits per heavy atom. The number of aromatic nitrogens is 2. The van der Waals surface area contributed by atoms with Gasteiger partial charge in [-0.1, -0.05) is 6.92 Å². The molecule has 0 spiro atoms. The third kappa shape index (κ3) is 2.79. The van der Waals surface area contributed by atoms with Gasteiger partial charge in [0.15, 0.2) is 11.6 Å². The standard InChI is InChI=1S/C13H11N5O3S/c1-2-9-5-10-12(14-7-15-13(10)22-9)17-16-6-8-3-4-11(21-8)18(19)20/h3-7H,2H2,1H3,(H,14,15,17)/b16-6+. The van der Waals surface area contributed by atoms with Crippen molar-refractivity contribution in [2.24, 2.45) is 5.10 Å². The first-order valence-electron chi connectivity index (χ1n) is 6.44. The smallest absolute Gasteiger partial charge is 0.400 e. The summed E-state index contributed by atoms with van der Waals surface area (Å²) in [5.74, 6) is 0.540. The van der Waals surface area contributed by atoms with Crippen molar-refractivity contribution < 1.29 is 9.34 Å². The number of aryl methyl sites for hydroxylation is 1. The van der Waals surface area contributed by atoms with E-state index < -0.39 is 4.92 Å². The fourth-order valence-electron chi connectivity index (χ4n) is 1.84. The third-order valence-electron chi connectivity index (χ3n) is 2.88. The molecule has 0 radical (unpaired) electrons. The molecular weight excluding hydrogens is 306 g/mol. The van der Waals surface area contributed by atoms with Gasteiger partial charge in [-0.2, -0.15) is 5.10 Å². The molecule has 0 aromatic carbocycles. The molecular formula is C13H11N5O3S. The van der Waals surface area contributed by atoms with E-state index >= 15 is 0 Å². The highest BCUT2D eigenvalue weighted by Gasteiger charge is 2.10. The van der Waals surface area contributed by atoms with Crippen LogP contribution in [0.5, 0.6) is 0 Å². The molecule has 3 heterocycles. The van der Waals surface area contributed by atoms with Crippen molar-refractivity contribution in [3.8, 4) is 0 Å². The number of nitrogens with zero attached hydrogens (tertiary/aromatic N) is 4. The molecule has 0 unspecified atom stereocenters. The van der Waals surface area contributed by atoms with Crippen molar-refractivity contribution >= 4 is 39.5 Å². The monoisotopic (exact) mass is 317 g/mol. The number of nitrogens with one attached hydrogen (secondary N) is 1. The number of nitro groups is 1. The van der Waals surface area contributed by atoms with Crippen LogP contribution in [0.3, 0.4) is 0 Å². The maximum Gasteiger partial charge on any atom is 0.433 e. The van der Waals surface area contributed by atoms with E-state index in [0.717, 1.165) is 16.6 Å². The van der Waals surface area contributed by atoms with Crippen LogP contribution in [0.15, 0.2) is 34.0 Å². The summed E-state index contributed by atoms with van der Waals surface area (Å²) in [5.41, 5.74) is 2.81. The zero-order valence-electron chi connectivity index (χ0n) is 11.5. The molecule has 0 fully saturated rings. The predicted molar refractivity (Wildman–Crippen MR) is 83.4 cm³/mol. The lowest BCUT2D eigenvalue weighted by Gasteiger charge is -1.98. The van der Waals surface area contributed by atoms with Crippen LogP contribution in [0, 0.1) is 10.1 Å². The van der Waals surface area contributed by atoms with Crippen LogP contribution in [0.25, 0.3) is 10.2 Å². The molecule has 0 amide bonds. The van der Waals surface area contributed by atoms with Crippen LogP contribution in [0.2, 0.25) is 0 Å². The molecule has 3 aromatic rings. The predicted octanol–water partition coefficient (Wildman–Crippen LogP) is 3.20. The minimum absolute atomic E-state index is 0.282. The van der Waals surface area contributed by atoms with Gasteiger partial charge in [-0.25, -0.2) is 9.97 Å². The van der Waals surface area contributed by atoms with Gasteiger partial charge in [0.1, 0.15) is 16.1 Å². The highest BCUT2D eigenvalue weighted by Crippen LogP contribution is 2.28. The zero-order valence-corrected chi connectivity index (χ0v) is 12.3. The zero-order chi connectivity index (χ0) is 15.5. The largest absolute Gasteiger partial charge is 0.433 e. The normalized spacial score (nSPS) is 11.3. The van der Waals surface area contributed by atoms with Gasteiger partial charge in [-0.05, 0) is 18.6 Å². The van der Waals surface area contributed by atoms with E-state index in [9.17, 15) is 10.1 Å². The average Bonchev–Trinajstić information content (AvgIpc) is 3.13. The number of hydrogen-bond donors (Lipinski definition) is 1. The second-order valence-electron chi connectivity index (χ2n) is 4.31. The number of rotatable bonds is 5. The Balaban J connectivity index is 1.79. The lowest BCUT2D eigenvalue weighted by molar-refractivity contribution is -0.402. The first kappa shape index (κ1) is 14.1. The van der Waals surface area contributed by atoms with E-state index in [0.29, 0.717) is 5.82 Å². The molecule has 1 N–H and O–H groups in total. The number of fused-ring (bicyclic) bond motifs is 1. The lowest BCUT2D eigenvalue weighted by Crippen LogP contribution is -1.94. The van der Waals surface area contributed by atoms with Crippen LogP contribution in [-0.2, 0) is 6.42 Å². The van der Waals surface area contributed by atoms with Crippen molar-refractivity contribution in [2.45, 2.75) is 13.3 Å². The number of hydrazone groups is 1. The summed E-state index contributed by atoms with van der Waals surface area (Å²) in [6.45, 7) is 2.08. The topological polar surface area (TPSA) is 106 Å². The molecule has 0 aliphatic heterocycles. The Morgan fingerprint density at radius 2 is 2.36 bits per heavy atom. The number of thiophene rings is 1. The van der Waals surface area contributed by atoms with Gasteiger partial charge in [0, 0.05) is 4.88 Å². The maximum atomic E-state index is 10.5. The molecule has 22 heavy (non-hydrogen) atoms. The van der Waals surface area contributed by atoms with Crippen LogP contribution in [0.4, 0.5) is 11.7 Å². The van der Waals surface area contributed by atoms with Gasteiger partial charge in [0.05, 0.1) is 17.7 Å². The van der Waals surface area contributed by atoms with E-state index in [4.69, 9.17) is 4.42 Å². The van der Waals surface area contributed by atoms with Crippen molar-refractivity contribution in [3.63, 3.8) is 0 Å². The molecule has 0 aliphatic rings. The molecule has 0 atom stereocenters. The summed E-state index contributed by atoms with van der Waals surface area (Å²) in [5, 5.41) is 15.4. The van der Waals surface area contributed by atoms with Gasteiger partial charge in [-0.3, -0.25) is 15.5 Å². The third-order valence-corrected chi connectivity index (χ3v) is 4.07. The van der Waals surface area contributed by atoms with Gasteiger partial charge >= 0.3 is 5.88 Å². The first-order chi connectivity index (χ1) is 10.7. The summed E-state index contributed by atoms with van der Waals surface area (Å²) < 4.78 is 4.97. The fraction of sp³-hybridized carbons (Fsp3) is 0.154. The highest BCUT2D eigenvalue weighted by molar-refractivity contribution is 7.18. The number of furan rings is 1. The first-order valence-corrected chi connectivity index (χ1v) is 7.25.